The van der Waals surface area contributed by atoms with Crippen molar-refractivity contribution in [1.82, 2.24) is 15.5 Å². The number of likely N-dealkylation sites (N-methyl/N-ethyl adjacent to an activating group) is 1. The van der Waals surface area contributed by atoms with Crippen LogP contribution in [-0.2, 0) is 16.3 Å². The first kappa shape index (κ1) is 22.4. The van der Waals surface area contributed by atoms with Gasteiger partial charge in [-0.05, 0) is 46.3 Å². The zero-order valence-corrected chi connectivity index (χ0v) is 17.5. The Bertz CT molecular complexity index is 645. The Balaban J connectivity index is 2.69. The first-order valence-corrected chi connectivity index (χ1v) is 11.2. The molecule has 1 aromatic carbocycles. The van der Waals surface area contributed by atoms with Gasteiger partial charge in [0.2, 0.25) is 0 Å². The first-order chi connectivity index (χ1) is 12.2. The molecule has 2 atom stereocenters. The van der Waals surface area contributed by atoms with Gasteiger partial charge in [-0.3, -0.25) is 4.99 Å². The smallest absolute Gasteiger partial charge is 0.191 e. The van der Waals surface area contributed by atoms with E-state index in [0.29, 0.717) is 19.0 Å². The molecular formula is C19H34N4O2S. The molecule has 1 aromatic rings. The summed E-state index contributed by atoms with van der Waals surface area (Å²) in [6.45, 7) is 5.42. The quantitative estimate of drug-likeness (QED) is 0.474. The third kappa shape index (κ3) is 9.77. The van der Waals surface area contributed by atoms with Crippen molar-refractivity contribution in [1.29, 1.82) is 0 Å². The van der Waals surface area contributed by atoms with Crippen LogP contribution in [0.4, 0.5) is 0 Å². The number of sulfone groups is 1. The normalized spacial score (nSPS) is 14.9. The zero-order chi connectivity index (χ0) is 19.6. The van der Waals surface area contributed by atoms with Crippen molar-refractivity contribution in [2.75, 3.05) is 39.2 Å². The second-order valence-electron chi connectivity index (χ2n) is 6.99. The fraction of sp³-hybridized carbons (Fsp3) is 0.632. The van der Waals surface area contributed by atoms with Gasteiger partial charge in [-0.25, -0.2) is 8.42 Å². The average molecular weight is 383 g/mol. The van der Waals surface area contributed by atoms with Gasteiger partial charge < -0.3 is 15.5 Å². The Morgan fingerprint density at radius 3 is 2.42 bits per heavy atom. The summed E-state index contributed by atoms with van der Waals surface area (Å²) < 4.78 is 22.7. The van der Waals surface area contributed by atoms with Crippen molar-refractivity contribution < 1.29 is 8.42 Å². The number of nitrogens with zero attached hydrogens (tertiary/aromatic N) is 2. The van der Waals surface area contributed by atoms with Crippen molar-refractivity contribution in [2.45, 2.75) is 38.8 Å². The number of aliphatic imine (C=N–C) groups is 1. The lowest BCUT2D eigenvalue weighted by Crippen LogP contribution is -2.44. The predicted molar refractivity (Wildman–Crippen MR) is 111 cm³/mol. The van der Waals surface area contributed by atoms with Crippen LogP contribution in [0.25, 0.3) is 0 Å². The van der Waals surface area contributed by atoms with Gasteiger partial charge in [-0.2, -0.15) is 0 Å². The van der Waals surface area contributed by atoms with Crippen molar-refractivity contribution in [3.63, 3.8) is 0 Å². The maximum absolute atomic E-state index is 11.3. The summed E-state index contributed by atoms with van der Waals surface area (Å²) in [5.74, 6) is 0.906. The van der Waals surface area contributed by atoms with Crippen molar-refractivity contribution >= 4 is 15.8 Å². The van der Waals surface area contributed by atoms with E-state index in [4.69, 9.17) is 4.99 Å². The molecule has 0 fully saturated rings. The van der Waals surface area contributed by atoms with Crippen LogP contribution >= 0.6 is 0 Å². The van der Waals surface area contributed by atoms with Crippen molar-refractivity contribution in [3.8, 4) is 0 Å². The van der Waals surface area contributed by atoms with Gasteiger partial charge in [0, 0.05) is 24.9 Å². The highest BCUT2D eigenvalue weighted by atomic mass is 32.2. The van der Waals surface area contributed by atoms with E-state index >= 15 is 0 Å². The molecule has 0 spiro atoms. The Hall–Kier alpha value is -1.60. The molecule has 0 aliphatic carbocycles. The lowest BCUT2D eigenvalue weighted by atomic mass is 10.1. The molecule has 26 heavy (non-hydrogen) atoms. The van der Waals surface area contributed by atoms with E-state index in [9.17, 15) is 8.42 Å². The van der Waals surface area contributed by atoms with Crippen LogP contribution in [0, 0.1) is 0 Å². The number of hydrogen-bond acceptors (Lipinski definition) is 4. The summed E-state index contributed by atoms with van der Waals surface area (Å²) in [6.07, 6.45) is 2.76. The molecule has 1 rings (SSSR count). The van der Waals surface area contributed by atoms with Crippen LogP contribution in [0.2, 0.25) is 0 Å². The molecule has 2 unspecified atom stereocenters. The van der Waals surface area contributed by atoms with Gasteiger partial charge in [-0.15, -0.1) is 0 Å². The molecule has 0 aromatic heterocycles. The lowest BCUT2D eigenvalue weighted by molar-refractivity contribution is 0.298. The van der Waals surface area contributed by atoms with Crippen LogP contribution in [0.15, 0.2) is 35.3 Å². The number of hydrogen-bond donors (Lipinski definition) is 2. The molecule has 0 saturated heterocycles. The maximum Gasteiger partial charge on any atom is 0.191 e. The summed E-state index contributed by atoms with van der Waals surface area (Å²) in [7, 11) is 1.19. The van der Waals surface area contributed by atoms with Crippen LogP contribution in [0.3, 0.4) is 0 Å². The van der Waals surface area contributed by atoms with E-state index in [1.54, 1.807) is 0 Å². The molecular weight excluding hydrogens is 348 g/mol. The van der Waals surface area contributed by atoms with Gasteiger partial charge in [0.15, 0.2) is 5.96 Å². The number of guanidine groups is 1. The van der Waals surface area contributed by atoms with Gasteiger partial charge in [0.1, 0.15) is 9.84 Å². The largest absolute Gasteiger partial charge is 0.357 e. The minimum atomic E-state index is -2.95. The molecule has 7 heteroatoms. The SMILES string of the molecule is CCNC(=NCC(Cc1ccccc1)N(C)C)NC(C)CCS(C)(=O)=O. The highest BCUT2D eigenvalue weighted by Gasteiger charge is 2.13. The average Bonchev–Trinajstić information content (AvgIpc) is 2.57. The molecule has 0 bridgehead atoms. The fourth-order valence-corrected chi connectivity index (χ4v) is 3.29. The number of benzene rings is 1. The Kier molecular flexibility index (Phi) is 9.65. The van der Waals surface area contributed by atoms with E-state index in [1.165, 1.54) is 11.8 Å². The van der Waals surface area contributed by atoms with Gasteiger partial charge in [0.05, 0.1) is 12.3 Å². The third-order valence-corrected chi connectivity index (χ3v) is 5.13. The summed E-state index contributed by atoms with van der Waals surface area (Å²) >= 11 is 0. The van der Waals surface area contributed by atoms with Gasteiger partial charge in [-0.1, -0.05) is 30.3 Å². The minimum absolute atomic E-state index is 0.0365. The Morgan fingerprint density at radius 2 is 1.88 bits per heavy atom. The van der Waals surface area contributed by atoms with Crippen LogP contribution in [0.1, 0.15) is 25.8 Å². The fourth-order valence-electron chi connectivity index (χ4n) is 2.51. The van der Waals surface area contributed by atoms with E-state index in [1.807, 2.05) is 19.9 Å². The van der Waals surface area contributed by atoms with Crippen LogP contribution in [-0.4, -0.2) is 70.6 Å². The minimum Gasteiger partial charge on any atom is -0.357 e. The van der Waals surface area contributed by atoms with Crippen LogP contribution < -0.4 is 10.6 Å². The van der Waals surface area contributed by atoms with Crippen molar-refractivity contribution in [3.05, 3.63) is 35.9 Å². The summed E-state index contributed by atoms with van der Waals surface area (Å²) in [5, 5.41) is 6.54. The molecule has 148 valence electrons. The highest BCUT2D eigenvalue weighted by Crippen LogP contribution is 2.07. The number of nitrogens with one attached hydrogen (secondary N) is 2. The standard InChI is InChI=1S/C19H34N4O2S/c1-6-20-19(22-16(2)12-13-26(5,24)25)21-15-18(23(3)4)14-17-10-8-7-9-11-17/h7-11,16,18H,6,12-15H2,1-5H3,(H2,20,21,22). The summed E-state index contributed by atoms with van der Waals surface area (Å²) in [4.78, 5) is 6.91. The molecule has 0 aliphatic heterocycles. The van der Waals surface area contributed by atoms with Crippen LogP contribution in [0.5, 0.6) is 0 Å². The zero-order valence-electron chi connectivity index (χ0n) is 16.7. The van der Waals surface area contributed by atoms with E-state index in [0.717, 1.165) is 18.9 Å². The second kappa shape index (κ2) is 11.2. The lowest BCUT2D eigenvalue weighted by Gasteiger charge is -2.24. The molecule has 0 radical (unpaired) electrons. The third-order valence-electron chi connectivity index (χ3n) is 4.15. The number of rotatable bonds is 10. The topological polar surface area (TPSA) is 73.8 Å². The molecule has 0 amide bonds. The first-order valence-electron chi connectivity index (χ1n) is 9.14. The Labute approximate surface area is 159 Å². The molecule has 0 saturated carbocycles. The van der Waals surface area contributed by atoms with E-state index < -0.39 is 9.84 Å². The van der Waals surface area contributed by atoms with Gasteiger partial charge in [0.25, 0.3) is 0 Å². The summed E-state index contributed by atoms with van der Waals surface area (Å²) in [5.41, 5.74) is 1.29. The Morgan fingerprint density at radius 1 is 1.23 bits per heavy atom. The molecule has 0 heterocycles. The molecule has 0 aliphatic rings. The maximum atomic E-state index is 11.3. The van der Waals surface area contributed by atoms with E-state index in [2.05, 4.69) is 53.9 Å². The molecule has 6 nitrogen and oxygen atoms in total. The summed E-state index contributed by atoms with van der Waals surface area (Å²) in [6, 6.07) is 10.7. The second-order valence-corrected chi connectivity index (χ2v) is 9.25. The van der Waals surface area contributed by atoms with Crippen molar-refractivity contribution in [2.24, 2.45) is 4.99 Å². The monoisotopic (exact) mass is 382 g/mol. The van der Waals surface area contributed by atoms with Gasteiger partial charge >= 0.3 is 0 Å². The highest BCUT2D eigenvalue weighted by molar-refractivity contribution is 7.90. The molecule has 2 N–H and O–H groups in total. The predicted octanol–water partition coefficient (Wildman–Crippen LogP) is 1.54. The van der Waals surface area contributed by atoms with E-state index in [-0.39, 0.29) is 11.8 Å².